The molecular formula is C3H6Cl3N2OP. The molecule has 0 aliphatic heterocycles. The molecule has 0 fully saturated rings. The van der Waals surface area contributed by atoms with Crippen molar-refractivity contribution >= 4 is 45.4 Å². The van der Waals surface area contributed by atoms with E-state index in [0.717, 1.165) is 0 Å². The fourth-order valence-corrected chi connectivity index (χ4v) is 1.54. The number of rotatable bonds is 1. The van der Waals surface area contributed by atoms with Gasteiger partial charge in [-0.2, -0.15) is 4.76 Å². The van der Waals surface area contributed by atoms with E-state index in [1.165, 1.54) is 4.90 Å². The molecule has 0 saturated heterocycles. The molecule has 3 nitrogen and oxygen atoms in total. The van der Waals surface area contributed by atoms with E-state index in [-0.39, 0.29) is 5.29 Å². The lowest BCUT2D eigenvalue weighted by molar-refractivity contribution is 0.591. The first-order valence-corrected chi connectivity index (χ1v) is 6.10. The Morgan fingerprint density at radius 1 is 1.50 bits per heavy atom. The average Bonchev–Trinajstić information content (AvgIpc) is 1.60. The highest BCUT2D eigenvalue weighted by Crippen LogP contribution is 2.58. The highest BCUT2D eigenvalue weighted by Gasteiger charge is 2.12. The third-order valence-corrected chi connectivity index (χ3v) is 1.98. The Morgan fingerprint density at radius 3 is 2.00 bits per heavy atom. The van der Waals surface area contributed by atoms with Crippen molar-refractivity contribution in [2.75, 3.05) is 14.1 Å². The van der Waals surface area contributed by atoms with Gasteiger partial charge in [-0.3, -0.25) is 4.57 Å². The van der Waals surface area contributed by atoms with E-state index < -0.39 is 6.00 Å². The fraction of sp³-hybridized carbons (Fsp3) is 0.667. The average molecular weight is 223 g/mol. The second-order valence-corrected chi connectivity index (χ2v) is 6.37. The summed E-state index contributed by atoms with van der Waals surface area (Å²) in [4.78, 5) is 1.44. The number of halogens is 3. The Labute approximate surface area is 74.0 Å². The van der Waals surface area contributed by atoms with E-state index in [4.69, 9.17) is 34.1 Å². The Kier molecular flexibility index (Phi) is 4.03. The Hall–Kier alpha value is 0.570. The standard InChI is InChI=1S/C3H6Cl3N2OP/c1-8(2)3(4)7-10(5,6)9/h1-2H3. The minimum atomic E-state index is -3.42. The molecule has 0 atom stereocenters. The molecule has 0 amide bonds. The van der Waals surface area contributed by atoms with Gasteiger partial charge in [-0.1, -0.05) is 0 Å². The smallest absolute Gasteiger partial charge is 0.353 e. The maximum absolute atomic E-state index is 10.6. The first kappa shape index (κ1) is 10.6. The van der Waals surface area contributed by atoms with Crippen molar-refractivity contribution in [3.63, 3.8) is 0 Å². The Balaban J connectivity index is 4.33. The van der Waals surface area contributed by atoms with Crippen LogP contribution in [0.1, 0.15) is 0 Å². The third kappa shape index (κ3) is 5.36. The SMILES string of the molecule is CN(C)C(Cl)=NP(=O)(Cl)Cl. The minimum absolute atomic E-state index is 0.0216. The lowest BCUT2D eigenvalue weighted by atomic mass is 11.0. The lowest BCUT2D eigenvalue weighted by Gasteiger charge is -2.07. The fourth-order valence-electron chi connectivity index (χ4n) is 0.186. The van der Waals surface area contributed by atoms with Crippen LogP contribution in [-0.2, 0) is 4.57 Å². The van der Waals surface area contributed by atoms with Gasteiger partial charge in [-0.25, -0.2) is 0 Å². The van der Waals surface area contributed by atoms with Crippen molar-refractivity contribution < 1.29 is 4.57 Å². The van der Waals surface area contributed by atoms with Gasteiger partial charge in [0.05, 0.1) is 0 Å². The first-order valence-electron chi connectivity index (χ1n) is 2.25. The molecule has 0 unspecified atom stereocenters. The van der Waals surface area contributed by atoms with E-state index in [0.29, 0.717) is 0 Å². The zero-order chi connectivity index (χ0) is 8.36. The molecule has 10 heavy (non-hydrogen) atoms. The van der Waals surface area contributed by atoms with E-state index in [2.05, 4.69) is 4.76 Å². The number of hydrogen-bond acceptors (Lipinski definition) is 1. The largest absolute Gasteiger partial charge is 0.366 e. The molecule has 0 aromatic rings. The molecule has 0 bridgehead atoms. The summed E-state index contributed by atoms with van der Waals surface area (Å²) in [6, 6.07) is 0. The van der Waals surface area contributed by atoms with Gasteiger partial charge in [0.1, 0.15) is 0 Å². The van der Waals surface area contributed by atoms with Crippen molar-refractivity contribution in [2.45, 2.75) is 0 Å². The summed E-state index contributed by atoms with van der Waals surface area (Å²) in [6.07, 6.45) is 0. The molecule has 0 aliphatic carbocycles. The van der Waals surface area contributed by atoms with Crippen LogP contribution in [0, 0.1) is 0 Å². The normalized spacial score (nSPS) is 13.5. The monoisotopic (exact) mass is 222 g/mol. The van der Waals surface area contributed by atoms with Gasteiger partial charge >= 0.3 is 6.00 Å². The van der Waals surface area contributed by atoms with Crippen molar-refractivity contribution in [1.82, 2.24) is 4.90 Å². The van der Waals surface area contributed by atoms with Gasteiger partial charge in [0.25, 0.3) is 0 Å². The highest BCUT2D eigenvalue weighted by atomic mass is 35.9. The molecule has 0 radical (unpaired) electrons. The number of nitrogens with zero attached hydrogens (tertiary/aromatic N) is 2. The van der Waals surface area contributed by atoms with Gasteiger partial charge in [0, 0.05) is 14.1 Å². The van der Waals surface area contributed by atoms with Crippen LogP contribution in [0.4, 0.5) is 0 Å². The second-order valence-electron chi connectivity index (χ2n) is 1.70. The summed E-state index contributed by atoms with van der Waals surface area (Å²) in [5.41, 5.74) is 0. The molecule has 0 spiro atoms. The quantitative estimate of drug-likeness (QED) is 0.296. The molecule has 0 heterocycles. The van der Waals surface area contributed by atoms with E-state index >= 15 is 0 Å². The van der Waals surface area contributed by atoms with Gasteiger partial charge in [-0.05, 0) is 34.1 Å². The molecule has 0 aromatic heterocycles. The van der Waals surface area contributed by atoms with Crippen LogP contribution >= 0.6 is 40.1 Å². The first-order chi connectivity index (χ1) is 4.33. The summed E-state index contributed by atoms with van der Waals surface area (Å²) in [6.45, 7) is 0. The predicted octanol–water partition coefficient (Wildman–Crippen LogP) is 2.73. The topological polar surface area (TPSA) is 32.7 Å². The van der Waals surface area contributed by atoms with Crippen LogP contribution in [-0.4, -0.2) is 24.3 Å². The molecular weight excluding hydrogens is 217 g/mol. The number of amidine groups is 1. The number of hydrogen-bond donors (Lipinski definition) is 0. The zero-order valence-corrected chi connectivity index (χ0v) is 8.55. The molecule has 60 valence electrons. The van der Waals surface area contributed by atoms with Crippen molar-refractivity contribution in [3.8, 4) is 0 Å². The van der Waals surface area contributed by atoms with E-state index in [1.807, 2.05) is 0 Å². The Bertz CT molecular complexity index is 186. The van der Waals surface area contributed by atoms with E-state index in [9.17, 15) is 4.57 Å². The Morgan fingerprint density at radius 2 is 1.90 bits per heavy atom. The van der Waals surface area contributed by atoms with Crippen LogP contribution in [0.25, 0.3) is 0 Å². The summed E-state index contributed by atoms with van der Waals surface area (Å²) < 4.78 is 13.9. The third-order valence-electron chi connectivity index (χ3n) is 0.568. The molecule has 0 saturated carbocycles. The molecule has 0 aromatic carbocycles. The van der Waals surface area contributed by atoms with Crippen molar-refractivity contribution in [2.24, 2.45) is 4.76 Å². The van der Waals surface area contributed by atoms with Gasteiger partial charge in [0.15, 0.2) is 0 Å². The molecule has 7 heteroatoms. The van der Waals surface area contributed by atoms with Crippen LogP contribution in [0.15, 0.2) is 4.76 Å². The van der Waals surface area contributed by atoms with Crippen molar-refractivity contribution in [3.05, 3.63) is 0 Å². The minimum Gasteiger partial charge on any atom is -0.353 e. The van der Waals surface area contributed by atoms with Gasteiger partial charge in [-0.15, -0.1) is 0 Å². The summed E-state index contributed by atoms with van der Waals surface area (Å²) in [5.74, 6) is -3.42. The summed E-state index contributed by atoms with van der Waals surface area (Å²) >= 11 is 15.6. The predicted molar refractivity (Wildman–Crippen MR) is 46.3 cm³/mol. The maximum Gasteiger partial charge on any atom is 0.366 e. The van der Waals surface area contributed by atoms with Crippen LogP contribution in [0.5, 0.6) is 0 Å². The van der Waals surface area contributed by atoms with Gasteiger partial charge < -0.3 is 4.90 Å². The van der Waals surface area contributed by atoms with E-state index in [1.54, 1.807) is 14.1 Å². The molecule has 0 N–H and O–H groups in total. The van der Waals surface area contributed by atoms with Crippen molar-refractivity contribution in [1.29, 1.82) is 0 Å². The molecule has 0 rings (SSSR count). The maximum atomic E-state index is 10.6. The van der Waals surface area contributed by atoms with Crippen LogP contribution in [0.3, 0.4) is 0 Å². The molecule has 0 aliphatic rings. The van der Waals surface area contributed by atoms with Crippen LogP contribution in [0.2, 0.25) is 0 Å². The van der Waals surface area contributed by atoms with Crippen LogP contribution < -0.4 is 0 Å². The summed E-state index contributed by atoms with van der Waals surface area (Å²) in [5, 5.41) is 0.0216. The summed E-state index contributed by atoms with van der Waals surface area (Å²) in [7, 11) is 3.27. The lowest BCUT2D eigenvalue weighted by Crippen LogP contribution is -2.15. The van der Waals surface area contributed by atoms with Gasteiger partial charge in [0.2, 0.25) is 5.29 Å². The zero-order valence-electron chi connectivity index (χ0n) is 5.38. The second kappa shape index (κ2) is 3.82. The highest BCUT2D eigenvalue weighted by molar-refractivity contribution is 8.07.